The highest BCUT2D eigenvalue weighted by molar-refractivity contribution is 5.69. The number of carboxylic acids is 1. The minimum absolute atomic E-state index is 0.394. The van der Waals surface area contributed by atoms with Crippen LogP contribution in [0.1, 0.15) is 65.7 Å². The van der Waals surface area contributed by atoms with Crippen LogP contribution in [0.3, 0.4) is 0 Å². The van der Waals surface area contributed by atoms with Gasteiger partial charge in [0.2, 0.25) is 0 Å². The molecule has 0 aromatic heterocycles. The van der Waals surface area contributed by atoms with Crippen LogP contribution in [0.25, 0.3) is 0 Å². The Morgan fingerprint density at radius 2 is 1.86 bits per heavy atom. The van der Waals surface area contributed by atoms with Crippen molar-refractivity contribution in [2.24, 2.45) is 5.92 Å². The van der Waals surface area contributed by atoms with Crippen molar-refractivity contribution < 1.29 is 24.5 Å². The first-order valence-electron chi connectivity index (χ1n) is 8.05. The molecule has 0 aliphatic heterocycles. The molecule has 2 atom stereocenters. The third kappa shape index (κ3) is 7.64. The van der Waals surface area contributed by atoms with Crippen molar-refractivity contribution in [3.05, 3.63) is 0 Å². The van der Waals surface area contributed by atoms with Gasteiger partial charge in [0.15, 0.2) is 0 Å². The summed E-state index contributed by atoms with van der Waals surface area (Å²) in [6.07, 6.45) is 3.85. The van der Waals surface area contributed by atoms with Crippen LogP contribution in [0, 0.1) is 5.92 Å². The van der Waals surface area contributed by atoms with E-state index in [4.69, 9.17) is 4.74 Å². The molecular formula is C16H28NO5-. The number of hydrogen-bond donors (Lipinski definition) is 2. The summed E-state index contributed by atoms with van der Waals surface area (Å²) in [6.45, 7) is 5.25. The van der Waals surface area contributed by atoms with Crippen LogP contribution in [0.5, 0.6) is 0 Å². The number of aliphatic hydroxyl groups is 1. The van der Waals surface area contributed by atoms with Gasteiger partial charge >= 0.3 is 6.09 Å². The van der Waals surface area contributed by atoms with Crippen molar-refractivity contribution in [1.82, 2.24) is 5.32 Å². The van der Waals surface area contributed by atoms with Gasteiger partial charge in [0.1, 0.15) is 5.60 Å². The Hall–Kier alpha value is -1.30. The van der Waals surface area contributed by atoms with Gasteiger partial charge in [-0.05, 0) is 33.1 Å². The zero-order valence-corrected chi connectivity index (χ0v) is 13.8. The van der Waals surface area contributed by atoms with Crippen molar-refractivity contribution >= 4 is 12.1 Å². The molecule has 0 radical (unpaired) electrons. The molecule has 0 aromatic rings. The molecule has 6 nitrogen and oxygen atoms in total. The van der Waals surface area contributed by atoms with Crippen LogP contribution in [-0.2, 0) is 9.53 Å². The lowest BCUT2D eigenvalue weighted by molar-refractivity contribution is -0.307. The number of nitrogens with one attached hydrogen (secondary N) is 1. The second kappa shape index (κ2) is 8.36. The normalized spacial score (nSPS) is 19.3. The zero-order valence-electron chi connectivity index (χ0n) is 13.8. The highest BCUT2D eigenvalue weighted by atomic mass is 16.6. The van der Waals surface area contributed by atoms with Crippen molar-refractivity contribution in [3.8, 4) is 0 Å². The van der Waals surface area contributed by atoms with E-state index in [1.54, 1.807) is 20.8 Å². The molecule has 2 N–H and O–H groups in total. The molecular weight excluding hydrogens is 286 g/mol. The lowest BCUT2D eigenvalue weighted by Gasteiger charge is -2.31. The van der Waals surface area contributed by atoms with Crippen LogP contribution in [0.2, 0.25) is 0 Å². The maximum absolute atomic E-state index is 11.9. The monoisotopic (exact) mass is 314 g/mol. The third-order valence-electron chi connectivity index (χ3n) is 3.85. The fourth-order valence-corrected chi connectivity index (χ4v) is 2.87. The topological polar surface area (TPSA) is 98.7 Å². The quantitative estimate of drug-likeness (QED) is 0.771. The van der Waals surface area contributed by atoms with E-state index < -0.39 is 36.2 Å². The lowest BCUT2D eigenvalue weighted by Crippen LogP contribution is -2.48. The van der Waals surface area contributed by atoms with Crippen molar-refractivity contribution in [2.75, 3.05) is 0 Å². The first-order valence-corrected chi connectivity index (χ1v) is 8.05. The number of carbonyl (C=O) groups excluding carboxylic acids is 2. The minimum Gasteiger partial charge on any atom is -0.550 e. The molecule has 0 spiro atoms. The fourth-order valence-electron chi connectivity index (χ4n) is 2.87. The summed E-state index contributed by atoms with van der Waals surface area (Å²) >= 11 is 0. The number of rotatable bonds is 6. The van der Waals surface area contributed by atoms with Gasteiger partial charge in [-0.15, -0.1) is 0 Å². The molecule has 0 bridgehead atoms. The summed E-state index contributed by atoms with van der Waals surface area (Å²) < 4.78 is 5.19. The van der Waals surface area contributed by atoms with E-state index in [0.717, 1.165) is 25.7 Å². The Labute approximate surface area is 132 Å². The van der Waals surface area contributed by atoms with E-state index in [9.17, 15) is 19.8 Å². The average Bonchev–Trinajstić information content (AvgIpc) is 2.36. The third-order valence-corrected chi connectivity index (χ3v) is 3.85. The second-order valence-corrected chi connectivity index (χ2v) is 7.14. The predicted molar refractivity (Wildman–Crippen MR) is 80.0 cm³/mol. The number of ether oxygens (including phenoxy) is 1. The molecule has 6 heteroatoms. The first-order chi connectivity index (χ1) is 10.2. The number of hydrogen-bond acceptors (Lipinski definition) is 5. The Morgan fingerprint density at radius 1 is 1.27 bits per heavy atom. The Morgan fingerprint density at radius 3 is 2.36 bits per heavy atom. The number of aliphatic hydroxyl groups excluding tert-OH is 1. The van der Waals surface area contributed by atoms with Gasteiger partial charge in [0.05, 0.1) is 12.1 Å². The number of alkyl carbamates (subject to hydrolysis) is 1. The zero-order chi connectivity index (χ0) is 16.8. The van der Waals surface area contributed by atoms with Crippen LogP contribution in [-0.4, -0.2) is 34.9 Å². The van der Waals surface area contributed by atoms with Crippen LogP contribution in [0.4, 0.5) is 4.79 Å². The van der Waals surface area contributed by atoms with E-state index in [0.29, 0.717) is 12.3 Å². The maximum atomic E-state index is 11.9. The summed E-state index contributed by atoms with van der Waals surface area (Å²) in [5.74, 6) is -0.933. The summed E-state index contributed by atoms with van der Waals surface area (Å²) in [5.41, 5.74) is -0.640. The summed E-state index contributed by atoms with van der Waals surface area (Å²) in [4.78, 5) is 22.6. The molecule has 128 valence electrons. The molecule has 1 aliphatic carbocycles. The van der Waals surface area contributed by atoms with E-state index in [1.807, 2.05) is 0 Å². The predicted octanol–water partition coefficient (Wildman–Crippen LogP) is 1.35. The summed E-state index contributed by atoms with van der Waals surface area (Å²) in [6, 6.07) is -0.629. The van der Waals surface area contributed by atoms with Gasteiger partial charge in [-0.3, -0.25) is 0 Å². The number of carbonyl (C=O) groups is 2. The summed E-state index contributed by atoms with van der Waals surface area (Å²) in [5, 5.41) is 23.4. The number of carboxylic acid groups (broad SMARTS) is 1. The Balaban J connectivity index is 2.63. The van der Waals surface area contributed by atoms with Gasteiger partial charge in [-0.1, -0.05) is 32.1 Å². The number of amides is 1. The highest BCUT2D eigenvalue weighted by Crippen LogP contribution is 2.28. The first kappa shape index (κ1) is 18.7. The van der Waals surface area contributed by atoms with Crippen LogP contribution >= 0.6 is 0 Å². The van der Waals surface area contributed by atoms with Crippen LogP contribution < -0.4 is 10.4 Å². The molecule has 1 aliphatic rings. The molecule has 1 amide bonds. The standard InChI is InChI=1S/C16H29NO5/c1-16(2,3)22-15(21)17-12(13(18)10-14(19)20)9-11-7-5-4-6-8-11/h11-13,18H,4-10H2,1-3H3,(H,17,21)(H,19,20)/p-1/t12-,13-/m0/s1. The van der Waals surface area contributed by atoms with E-state index in [-0.39, 0.29) is 0 Å². The second-order valence-electron chi connectivity index (χ2n) is 7.14. The van der Waals surface area contributed by atoms with Gasteiger partial charge in [-0.25, -0.2) is 4.79 Å². The highest BCUT2D eigenvalue weighted by Gasteiger charge is 2.28. The molecule has 0 aromatic carbocycles. The molecule has 0 heterocycles. The SMILES string of the molecule is CC(C)(C)OC(=O)N[C@@H](CC1CCCCC1)[C@@H](O)CC(=O)[O-]. The largest absolute Gasteiger partial charge is 0.550 e. The minimum atomic E-state index is -1.33. The van der Waals surface area contributed by atoms with E-state index >= 15 is 0 Å². The molecule has 1 rings (SSSR count). The van der Waals surface area contributed by atoms with Crippen molar-refractivity contribution in [1.29, 1.82) is 0 Å². The van der Waals surface area contributed by atoms with Gasteiger partial charge in [-0.2, -0.15) is 0 Å². The van der Waals surface area contributed by atoms with E-state index in [2.05, 4.69) is 5.32 Å². The van der Waals surface area contributed by atoms with Crippen molar-refractivity contribution in [3.63, 3.8) is 0 Å². The molecule has 0 unspecified atom stereocenters. The van der Waals surface area contributed by atoms with Gasteiger partial charge < -0.3 is 25.1 Å². The average molecular weight is 314 g/mol. The molecule has 0 saturated heterocycles. The lowest BCUT2D eigenvalue weighted by atomic mass is 9.83. The van der Waals surface area contributed by atoms with Crippen molar-refractivity contribution in [2.45, 2.75) is 83.5 Å². The smallest absolute Gasteiger partial charge is 0.407 e. The number of aliphatic carboxylic acids is 1. The molecule has 1 fully saturated rings. The molecule has 22 heavy (non-hydrogen) atoms. The molecule has 1 saturated carbocycles. The Bertz CT molecular complexity index is 371. The maximum Gasteiger partial charge on any atom is 0.407 e. The van der Waals surface area contributed by atoms with Crippen LogP contribution in [0.15, 0.2) is 0 Å². The van der Waals surface area contributed by atoms with Gasteiger partial charge in [0.25, 0.3) is 0 Å². The summed E-state index contributed by atoms with van der Waals surface area (Å²) in [7, 11) is 0. The fraction of sp³-hybridized carbons (Fsp3) is 0.875. The van der Waals surface area contributed by atoms with Gasteiger partial charge in [0, 0.05) is 12.4 Å². The van der Waals surface area contributed by atoms with E-state index in [1.165, 1.54) is 6.42 Å². The Kier molecular flexibility index (Phi) is 7.13.